The van der Waals surface area contributed by atoms with E-state index in [-0.39, 0.29) is 22.0 Å². The maximum atomic E-state index is 12.6. The largest absolute Gasteiger partial charge is 0.497 e. The Labute approximate surface area is 166 Å². The molecule has 8 heteroatoms. The smallest absolute Gasteiger partial charge is 0.310 e. The maximum Gasteiger partial charge on any atom is 0.310 e. The minimum Gasteiger partial charge on any atom is -0.497 e. The molecule has 1 aromatic carbocycles. The standard InChI is InChI=1S/C18H18Cl3NO4/c1-25-12-8-6-11(7-9-12)22-17(23)13-4-2-3-5-14(13)18(24)26-10-15(19)16(20)21/h2-3,6-9,13-14H,4-5,10H2,1H3,(H,22,23). The molecule has 1 aromatic rings. The van der Waals surface area contributed by atoms with Gasteiger partial charge in [0.1, 0.15) is 16.8 Å². The predicted octanol–water partition coefficient (Wildman–Crippen LogP) is 4.64. The normalized spacial score (nSPS) is 18.8. The van der Waals surface area contributed by atoms with Gasteiger partial charge >= 0.3 is 5.97 Å². The quantitative estimate of drug-likeness (QED) is 0.540. The molecular weight excluding hydrogens is 401 g/mol. The molecule has 2 unspecified atom stereocenters. The van der Waals surface area contributed by atoms with Crippen molar-refractivity contribution in [1.29, 1.82) is 0 Å². The van der Waals surface area contributed by atoms with E-state index in [1.54, 1.807) is 31.4 Å². The maximum absolute atomic E-state index is 12.6. The first-order chi connectivity index (χ1) is 12.4. The number of rotatable bonds is 6. The van der Waals surface area contributed by atoms with E-state index < -0.39 is 17.8 Å². The van der Waals surface area contributed by atoms with Gasteiger partial charge in [-0.3, -0.25) is 9.59 Å². The zero-order valence-corrected chi connectivity index (χ0v) is 16.3. The number of esters is 1. The van der Waals surface area contributed by atoms with Crippen molar-refractivity contribution < 1.29 is 19.1 Å². The fourth-order valence-electron chi connectivity index (χ4n) is 2.57. The second kappa shape index (κ2) is 9.86. The first-order valence-corrected chi connectivity index (χ1v) is 9.02. The fraction of sp³-hybridized carbons (Fsp3) is 0.333. The summed E-state index contributed by atoms with van der Waals surface area (Å²) >= 11 is 16.8. The summed E-state index contributed by atoms with van der Waals surface area (Å²) < 4.78 is 10.1. The van der Waals surface area contributed by atoms with E-state index in [1.807, 2.05) is 12.2 Å². The Kier molecular flexibility index (Phi) is 7.82. The van der Waals surface area contributed by atoms with Gasteiger partial charge in [0.2, 0.25) is 5.91 Å². The van der Waals surface area contributed by atoms with Gasteiger partial charge in [0.05, 0.1) is 24.0 Å². The van der Waals surface area contributed by atoms with Crippen LogP contribution in [0.4, 0.5) is 5.69 Å². The molecule has 0 spiro atoms. The van der Waals surface area contributed by atoms with Crippen LogP contribution in [0.1, 0.15) is 12.8 Å². The number of hydrogen-bond donors (Lipinski definition) is 1. The molecule has 0 saturated carbocycles. The number of hydrogen-bond acceptors (Lipinski definition) is 4. The number of anilines is 1. The first-order valence-electron chi connectivity index (χ1n) is 7.88. The predicted molar refractivity (Wildman–Crippen MR) is 103 cm³/mol. The molecule has 5 nitrogen and oxygen atoms in total. The van der Waals surface area contributed by atoms with E-state index in [0.29, 0.717) is 24.3 Å². The van der Waals surface area contributed by atoms with Crippen molar-refractivity contribution in [1.82, 2.24) is 0 Å². The van der Waals surface area contributed by atoms with Gasteiger partial charge in [0.25, 0.3) is 0 Å². The first kappa shape index (κ1) is 20.6. The Hall–Kier alpha value is -1.69. The monoisotopic (exact) mass is 417 g/mol. The average molecular weight is 419 g/mol. The summed E-state index contributed by atoms with van der Waals surface area (Å²) in [5.74, 6) is -1.22. The average Bonchev–Trinajstić information content (AvgIpc) is 2.66. The topological polar surface area (TPSA) is 64.6 Å². The molecule has 0 aliphatic heterocycles. The Morgan fingerprint density at radius 3 is 2.27 bits per heavy atom. The summed E-state index contributed by atoms with van der Waals surface area (Å²) in [6.07, 6.45) is 4.59. The molecule has 1 N–H and O–H groups in total. The zero-order valence-electron chi connectivity index (χ0n) is 14.0. The molecule has 0 aromatic heterocycles. The van der Waals surface area contributed by atoms with E-state index >= 15 is 0 Å². The number of halogens is 3. The number of amides is 1. The van der Waals surface area contributed by atoms with Crippen LogP contribution in [-0.2, 0) is 14.3 Å². The molecule has 2 rings (SSSR count). The summed E-state index contributed by atoms with van der Waals surface area (Å²) in [5.41, 5.74) is 0.623. The number of carbonyl (C=O) groups excluding carboxylic acids is 2. The van der Waals surface area contributed by atoms with Crippen LogP contribution in [0.2, 0.25) is 0 Å². The lowest BCUT2D eigenvalue weighted by atomic mass is 9.82. The van der Waals surface area contributed by atoms with Crippen molar-refractivity contribution in [3.8, 4) is 5.75 Å². The minimum atomic E-state index is -0.600. The highest BCUT2D eigenvalue weighted by atomic mass is 35.5. The number of ether oxygens (including phenoxy) is 2. The third kappa shape index (κ3) is 5.66. The minimum absolute atomic E-state index is 0.0345. The van der Waals surface area contributed by atoms with Crippen molar-refractivity contribution in [3.63, 3.8) is 0 Å². The van der Waals surface area contributed by atoms with Crippen LogP contribution >= 0.6 is 34.8 Å². The summed E-state index contributed by atoms with van der Waals surface area (Å²) in [6.45, 7) is -0.226. The Morgan fingerprint density at radius 2 is 1.69 bits per heavy atom. The van der Waals surface area contributed by atoms with Gasteiger partial charge in [-0.25, -0.2) is 0 Å². The van der Waals surface area contributed by atoms with Crippen LogP contribution in [0.5, 0.6) is 5.75 Å². The van der Waals surface area contributed by atoms with E-state index in [2.05, 4.69) is 5.32 Å². The van der Waals surface area contributed by atoms with Gasteiger partial charge in [0, 0.05) is 5.69 Å². The second-order valence-electron chi connectivity index (χ2n) is 5.65. The Bertz CT molecular complexity index is 712. The molecular formula is C18H18Cl3NO4. The van der Waals surface area contributed by atoms with Crippen molar-refractivity contribution in [2.24, 2.45) is 11.8 Å². The van der Waals surface area contributed by atoms with Crippen molar-refractivity contribution in [3.05, 3.63) is 45.9 Å². The summed E-state index contributed by atoms with van der Waals surface area (Å²) in [4.78, 5) is 25.0. The molecule has 0 heterocycles. The Balaban J connectivity index is 2.02. The van der Waals surface area contributed by atoms with Crippen LogP contribution in [0.15, 0.2) is 45.9 Å². The SMILES string of the molecule is COc1ccc(NC(=O)C2CC=CCC2C(=O)OCC(Cl)=C(Cl)Cl)cc1. The molecule has 26 heavy (non-hydrogen) atoms. The van der Waals surface area contributed by atoms with Gasteiger partial charge in [-0.2, -0.15) is 0 Å². The highest BCUT2D eigenvalue weighted by Gasteiger charge is 2.35. The number of methoxy groups -OCH3 is 1. The van der Waals surface area contributed by atoms with Crippen molar-refractivity contribution in [2.45, 2.75) is 12.8 Å². The van der Waals surface area contributed by atoms with E-state index in [1.165, 1.54) is 0 Å². The zero-order chi connectivity index (χ0) is 19.1. The third-order valence-corrected chi connectivity index (χ3v) is 4.92. The Morgan fingerprint density at radius 1 is 1.08 bits per heavy atom. The van der Waals surface area contributed by atoms with E-state index in [4.69, 9.17) is 44.3 Å². The number of nitrogens with one attached hydrogen (secondary N) is 1. The van der Waals surface area contributed by atoms with Gasteiger partial charge < -0.3 is 14.8 Å². The van der Waals surface area contributed by atoms with Gasteiger partial charge in [0.15, 0.2) is 0 Å². The second-order valence-corrected chi connectivity index (χ2v) is 7.05. The lowest BCUT2D eigenvalue weighted by Gasteiger charge is -2.26. The summed E-state index contributed by atoms with van der Waals surface area (Å²) in [6, 6.07) is 6.95. The lowest BCUT2D eigenvalue weighted by Crippen LogP contribution is -2.36. The van der Waals surface area contributed by atoms with Crippen molar-refractivity contribution in [2.75, 3.05) is 19.0 Å². The van der Waals surface area contributed by atoms with Gasteiger partial charge in [-0.05, 0) is 37.1 Å². The van der Waals surface area contributed by atoms with Gasteiger partial charge in [-0.1, -0.05) is 47.0 Å². The fourth-order valence-corrected chi connectivity index (χ4v) is 2.73. The molecule has 0 bridgehead atoms. The van der Waals surface area contributed by atoms with Crippen LogP contribution < -0.4 is 10.1 Å². The third-order valence-electron chi connectivity index (χ3n) is 3.98. The van der Waals surface area contributed by atoms with Gasteiger partial charge in [-0.15, -0.1) is 0 Å². The van der Waals surface area contributed by atoms with E-state index in [0.717, 1.165) is 0 Å². The molecule has 140 valence electrons. The lowest BCUT2D eigenvalue weighted by molar-refractivity contribution is -0.151. The van der Waals surface area contributed by atoms with Crippen LogP contribution in [0.3, 0.4) is 0 Å². The highest BCUT2D eigenvalue weighted by molar-refractivity contribution is 6.59. The molecule has 1 aliphatic carbocycles. The molecule has 0 fully saturated rings. The molecule has 2 atom stereocenters. The number of carbonyl (C=O) groups is 2. The molecule has 0 radical (unpaired) electrons. The number of allylic oxidation sites excluding steroid dienone is 2. The highest BCUT2D eigenvalue weighted by Crippen LogP contribution is 2.29. The molecule has 1 aliphatic rings. The summed E-state index contributed by atoms with van der Waals surface area (Å²) in [7, 11) is 1.57. The van der Waals surface area contributed by atoms with Crippen LogP contribution in [0, 0.1) is 11.8 Å². The van der Waals surface area contributed by atoms with Crippen LogP contribution in [0.25, 0.3) is 0 Å². The van der Waals surface area contributed by atoms with Crippen LogP contribution in [-0.4, -0.2) is 25.6 Å². The summed E-state index contributed by atoms with van der Waals surface area (Å²) in [5, 5.41) is 2.85. The van der Waals surface area contributed by atoms with Crippen molar-refractivity contribution >= 4 is 52.4 Å². The molecule has 0 saturated heterocycles. The number of benzene rings is 1. The van der Waals surface area contributed by atoms with E-state index in [9.17, 15) is 9.59 Å². The molecule has 1 amide bonds.